The van der Waals surface area contributed by atoms with E-state index in [-0.39, 0.29) is 17.9 Å². The van der Waals surface area contributed by atoms with Gasteiger partial charge in [0.15, 0.2) is 0 Å². The molecule has 0 aliphatic heterocycles. The van der Waals surface area contributed by atoms with E-state index in [2.05, 4.69) is 5.32 Å². The minimum Gasteiger partial charge on any atom is -0.395 e. The van der Waals surface area contributed by atoms with Crippen molar-refractivity contribution >= 4 is 7.82 Å². The largest absolute Gasteiger partial charge is 0.587 e. The Labute approximate surface area is 199 Å². The molecule has 0 aliphatic rings. The molecule has 0 fully saturated rings. The second-order valence-electron chi connectivity index (χ2n) is 8.05. The lowest BCUT2D eigenvalue weighted by Gasteiger charge is -2.24. The maximum absolute atomic E-state index is 13.5. The minimum absolute atomic E-state index is 0.221. The third kappa shape index (κ3) is 7.99. The third-order valence-electron chi connectivity index (χ3n) is 5.14. The number of hydrogen-bond acceptors (Lipinski definition) is 7. The summed E-state index contributed by atoms with van der Waals surface area (Å²) in [5, 5.41) is 15.2. The fourth-order valence-electron chi connectivity index (χ4n) is 3.15. The Morgan fingerprint density at radius 3 is 1.88 bits per heavy atom. The van der Waals surface area contributed by atoms with Gasteiger partial charge in [-0.3, -0.25) is 14.6 Å². The molecule has 0 amide bonds. The van der Waals surface area contributed by atoms with Gasteiger partial charge in [0, 0.05) is 24.8 Å². The zero-order valence-corrected chi connectivity index (χ0v) is 19.9. The van der Waals surface area contributed by atoms with Gasteiger partial charge < -0.3 is 14.4 Å². The molecule has 1 unspecified atom stereocenters. The van der Waals surface area contributed by atoms with E-state index in [9.17, 15) is 14.7 Å². The molecule has 0 aliphatic carbocycles. The van der Waals surface area contributed by atoms with Crippen LogP contribution in [0.25, 0.3) is 0 Å². The number of rotatable bonds is 14. The highest BCUT2D eigenvalue weighted by molar-refractivity contribution is 7.49. The first-order chi connectivity index (χ1) is 16.4. The van der Waals surface area contributed by atoms with Gasteiger partial charge >= 0.3 is 7.82 Å². The monoisotopic (exact) mass is 484 g/mol. The van der Waals surface area contributed by atoms with E-state index >= 15 is 0 Å². The van der Waals surface area contributed by atoms with Crippen molar-refractivity contribution in [3.63, 3.8) is 0 Å². The molecule has 0 aromatic heterocycles. The highest BCUT2D eigenvalue weighted by Gasteiger charge is 2.42. The standard InChI is InChI=1S/C25H29N2O6P/c1-25(27(28)29,18-11-19-26-20-22-12-5-2-6-13-22)21-31-34(30,32-23-14-7-3-8-15-23)33-24-16-9-4-10-17-24/h2-10,12-17,26H,11,18-21H2,1H3. The van der Waals surface area contributed by atoms with Crippen molar-refractivity contribution in [2.75, 3.05) is 13.2 Å². The van der Waals surface area contributed by atoms with Gasteiger partial charge in [-0.25, -0.2) is 4.57 Å². The summed E-state index contributed by atoms with van der Waals surface area (Å²) < 4.78 is 30.1. The quantitative estimate of drug-likeness (QED) is 0.132. The van der Waals surface area contributed by atoms with Gasteiger partial charge in [0.2, 0.25) is 5.54 Å². The molecule has 0 heterocycles. The van der Waals surface area contributed by atoms with Crippen LogP contribution in [0, 0.1) is 10.1 Å². The fourth-order valence-corrected chi connectivity index (χ4v) is 4.49. The van der Waals surface area contributed by atoms with Gasteiger partial charge in [-0.2, -0.15) is 0 Å². The SMILES string of the molecule is CC(CCCNCc1ccccc1)(COP(=O)(Oc1ccccc1)Oc1ccccc1)[N+](=O)[O-]. The van der Waals surface area contributed by atoms with Gasteiger partial charge in [-0.15, -0.1) is 0 Å². The van der Waals surface area contributed by atoms with Crippen molar-refractivity contribution in [2.45, 2.75) is 31.8 Å². The van der Waals surface area contributed by atoms with Crippen LogP contribution in [0.3, 0.4) is 0 Å². The first-order valence-electron chi connectivity index (χ1n) is 11.0. The summed E-state index contributed by atoms with van der Waals surface area (Å²) in [6, 6.07) is 26.8. The van der Waals surface area contributed by atoms with Gasteiger partial charge in [0.1, 0.15) is 18.1 Å². The number of nitrogens with zero attached hydrogens (tertiary/aromatic N) is 1. The lowest BCUT2D eigenvalue weighted by Crippen LogP contribution is -2.40. The first-order valence-corrected chi connectivity index (χ1v) is 12.5. The Bertz CT molecular complexity index is 1020. The predicted molar refractivity (Wildman–Crippen MR) is 130 cm³/mol. The number of nitrogens with one attached hydrogen (secondary N) is 1. The second kappa shape index (κ2) is 12.3. The number of benzene rings is 3. The van der Waals surface area contributed by atoms with Gasteiger partial charge in [-0.05, 0) is 42.8 Å². The van der Waals surface area contributed by atoms with Gasteiger partial charge in [0.25, 0.3) is 0 Å². The van der Waals surface area contributed by atoms with Crippen molar-refractivity contribution in [1.82, 2.24) is 5.32 Å². The van der Waals surface area contributed by atoms with Crippen LogP contribution in [0.5, 0.6) is 11.5 Å². The van der Waals surface area contributed by atoms with E-state index in [4.69, 9.17) is 13.6 Å². The zero-order chi connectivity index (χ0) is 24.3. The maximum atomic E-state index is 13.5. The Morgan fingerprint density at radius 2 is 1.38 bits per heavy atom. The Hall–Kier alpha value is -3.19. The maximum Gasteiger partial charge on any atom is 0.587 e. The number of phosphoric acid groups is 1. The van der Waals surface area contributed by atoms with E-state index in [1.165, 1.54) is 6.92 Å². The van der Waals surface area contributed by atoms with Crippen LogP contribution < -0.4 is 14.4 Å². The summed E-state index contributed by atoms with van der Waals surface area (Å²) in [5.41, 5.74) is -0.329. The summed E-state index contributed by atoms with van der Waals surface area (Å²) in [5.74, 6) is 0.546. The first kappa shape index (κ1) is 25.4. The van der Waals surface area contributed by atoms with E-state index < -0.39 is 24.9 Å². The van der Waals surface area contributed by atoms with Crippen molar-refractivity contribution in [1.29, 1.82) is 0 Å². The molecule has 34 heavy (non-hydrogen) atoms. The number of hydrogen-bond donors (Lipinski definition) is 1. The third-order valence-corrected chi connectivity index (χ3v) is 6.45. The average molecular weight is 484 g/mol. The molecule has 3 aromatic carbocycles. The Kier molecular flexibility index (Phi) is 9.22. The van der Waals surface area contributed by atoms with Gasteiger partial charge in [-0.1, -0.05) is 66.7 Å². The van der Waals surface area contributed by atoms with Crippen LogP contribution in [0.15, 0.2) is 91.0 Å². The second-order valence-corrected chi connectivity index (χ2v) is 9.57. The topological polar surface area (TPSA) is 99.9 Å². The number of para-hydroxylation sites is 2. The van der Waals surface area contributed by atoms with Crippen LogP contribution in [0.2, 0.25) is 0 Å². The molecule has 8 nitrogen and oxygen atoms in total. The molecular formula is C25H29N2O6P. The molecule has 3 aromatic rings. The van der Waals surface area contributed by atoms with Gasteiger partial charge in [0.05, 0.1) is 0 Å². The minimum atomic E-state index is -4.20. The Balaban J connectivity index is 1.61. The molecule has 1 N–H and O–H groups in total. The summed E-state index contributed by atoms with van der Waals surface area (Å²) in [7, 11) is -4.20. The fraction of sp³-hybridized carbons (Fsp3) is 0.280. The van der Waals surface area contributed by atoms with Crippen LogP contribution in [0.4, 0.5) is 0 Å². The summed E-state index contributed by atoms with van der Waals surface area (Å²) in [6.45, 7) is 2.31. The zero-order valence-electron chi connectivity index (χ0n) is 19.0. The highest BCUT2D eigenvalue weighted by Crippen LogP contribution is 2.50. The summed E-state index contributed by atoms with van der Waals surface area (Å²) in [6.07, 6.45) is 0.759. The molecular weight excluding hydrogens is 455 g/mol. The smallest absolute Gasteiger partial charge is 0.395 e. The van der Waals surface area contributed by atoms with E-state index in [1.807, 2.05) is 30.3 Å². The molecule has 0 radical (unpaired) electrons. The molecule has 1 atom stereocenters. The summed E-state index contributed by atoms with van der Waals surface area (Å²) >= 11 is 0. The Morgan fingerprint density at radius 1 is 0.882 bits per heavy atom. The van der Waals surface area contributed by atoms with Crippen molar-refractivity contribution in [3.05, 3.63) is 107 Å². The summed E-state index contributed by atoms with van der Waals surface area (Å²) in [4.78, 5) is 11.5. The van der Waals surface area contributed by atoms with Crippen LogP contribution >= 0.6 is 7.82 Å². The number of nitro groups is 1. The van der Waals surface area contributed by atoms with E-state index in [1.54, 1.807) is 60.7 Å². The molecule has 0 saturated heterocycles. The molecule has 180 valence electrons. The molecule has 0 saturated carbocycles. The predicted octanol–water partition coefficient (Wildman–Crippen LogP) is 5.87. The lowest BCUT2D eigenvalue weighted by atomic mass is 9.98. The molecule has 0 bridgehead atoms. The van der Waals surface area contributed by atoms with Crippen LogP contribution in [0.1, 0.15) is 25.3 Å². The van der Waals surface area contributed by atoms with E-state index in [0.717, 1.165) is 5.56 Å². The average Bonchev–Trinajstić information content (AvgIpc) is 2.84. The van der Waals surface area contributed by atoms with E-state index in [0.29, 0.717) is 19.5 Å². The van der Waals surface area contributed by atoms with Crippen molar-refractivity contribution in [2.24, 2.45) is 0 Å². The van der Waals surface area contributed by atoms with Crippen LogP contribution in [-0.4, -0.2) is 23.6 Å². The normalized spacial score (nSPS) is 13.1. The van der Waals surface area contributed by atoms with Crippen LogP contribution in [-0.2, 0) is 15.6 Å². The van der Waals surface area contributed by atoms with Crippen molar-refractivity contribution < 1.29 is 23.1 Å². The highest BCUT2D eigenvalue weighted by atomic mass is 31.2. The molecule has 0 spiro atoms. The molecule has 9 heteroatoms. The molecule has 3 rings (SSSR count). The number of phosphoric ester groups is 1. The lowest BCUT2D eigenvalue weighted by molar-refractivity contribution is -0.569. The van der Waals surface area contributed by atoms with Crippen molar-refractivity contribution in [3.8, 4) is 11.5 Å².